The Labute approximate surface area is 124 Å². The number of aromatic nitrogens is 2. The second-order valence-electron chi connectivity index (χ2n) is 5.33. The van der Waals surface area contributed by atoms with Crippen LogP contribution in [0.3, 0.4) is 0 Å². The van der Waals surface area contributed by atoms with E-state index in [-0.39, 0.29) is 0 Å². The highest BCUT2D eigenvalue weighted by Gasteiger charge is 2.14. The molecular formula is C17H17ClN2. The van der Waals surface area contributed by atoms with Crippen LogP contribution in [0.2, 0.25) is 5.02 Å². The topological polar surface area (TPSA) is 17.8 Å². The maximum absolute atomic E-state index is 6.07. The average molecular weight is 285 g/mol. The number of halogens is 1. The lowest BCUT2D eigenvalue weighted by Gasteiger charge is -2.11. The van der Waals surface area contributed by atoms with Crippen LogP contribution < -0.4 is 0 Å². The molecule has 0 saturated carbocycles. The van der Waals surface area contributed by atoms with Crippen LogP contribution in [0.5, 0.6) is 0 Å². The first-order chi connectivity index (χ1) is 9.65. The van der Waals surface area contributed by atoms with Crippen LogP contribution in [-0.4, -0.2) is 9.55 Å². The van der Waals surface area contributed by atoms with Crippen LogP contribution in [0.25, 0.3) is 11.0 Å². The largest absolute Gasteiger partial charge is 0.323 e. The zero-order chi connectivity index (χ0) is 14.1. The summed E-state index contributed by atoms with van der Waals surface area (Å²) in [5, 5.41) is 0.733. The number of nitrogens with zero attached hydrogens (tertiary/aromatic N) is 2. The lowest BCUT2D eigenvalue weighted by Crippen LogP contribution is -2.06. The fourth-order valence-electron chi connectivity index (χ4n) is 2.49. The number of benzene rings is 2. The van der Waals surface area contributed by atoms with E-state index in [4.69, 9.17) is 16.6 Å². The average Bonchev–Trinajstić information content (AvgIpc) is 2.78. The van der Waals surface area contributed by atoms with Gasteiger partial charge in [-0.25, -0.2) is 4.98 Å². The van der Waals surface area contributed by atoms with Crippen molar-refractivity contribution in [3.05, 3.63) is 64.9 Å². The lowest BCUT2D eigenvalue weighted by molar-refractivity contribution is 0.683. The van der Waals surface area contributed by atoms with Crippen LogP contribution in [0.15, 0.2) is 48.5 Å². The number of hydrogen-bond donors (Lipinski definition) is 0. The summed E-state index contributed by atoms with van der Waals surface area (Å²) in [6, 6.07) is 16.4. The van der Waals surface area contributed by atoms with Crippen molar-refractivity contribution in [2.24, 2.45) is 0 Å². The molecule has 0 N–H and O–H groups in total. The van der Waals surface area contributed by atoms with Crippen molar-refractivity contribution in [1.82, 2.24) is 9.55 Å². The minimum Gasteiger partial charge on any atom is -0.323 e. The first-order valence-electron chi connectivity index (χ1n) is 6.85. The zero-order valence-corrected chi connectivity index (χ0v) is 12.4. The first-order valence-corrected chi connectivity index (χ1v) is 7.22. The van der Waals surface area contributed by atoms with Gasteiger partial charge < -0.3 is 4.57 Å². The van der Waals surface area contributed by atoms with Crippen molar-refractivity contribution in [2.45, 2.75) is 26.3 Å². The molecule has 0 bridgehead atoms. The molecule has 0 aliphatic heterocycles. The fourth-order valence-corrected chi connectivity index (χ4v) is 2.66. The van der Waals surface area contributed by atoms with E-state index in [1.165, 1.54) is 5.56 Å². The quantitative estimate of drug-likeness (QED) is 0.671. The predicted molar refractivity (Wildman–Crippen MR) is 84.4 cm³/mol. The van der Waals surface area contributed by atoms with Crippen molar-refractivity contribution < 1.29 is 0 Å². The van der Waals surface area contributed by atoms with Crippen molar-refractivity contribution >= 4 is 22.6 Å². The number of rotatable bonds is 3. The summed E-state index contributed by atoms with van der Waals surface area (Å²) < 4.78 is 2.28. The van der Waals surface area contributed by atoms with Crippen LogP contribution in [0.1, 0.15) is 31.2 Å². The van der Waals surface area contributed by atoms with Gasteiger partial charge in [-0.2, -0.15) is 0 Å². The summed E-state index contributed by atoms with van der Waals surface area (Å²) in [4.78, 5) is 4.75. The molecule has 0 spiro atoms. The second-order valence-corrected chi connectivity index (χ2v) is 5.77. The van der Waals surface area contributed by atoms with Gasteiger partial charge in [-0.1, -0.05) is 55.8 Å². The van der Waals surface area contributed by atoms with E-state index in [2.05, 4.69) is 48.7 Å². The Hall–Kier alpha value is -1.80. The summed E-state index contributed by atoms with van der Waals surface area (Å²) in [7, 11) is 0. The summed E-state index contributed by atoms with van der Waals surface area (Å²) in [6.07, 6.45) is 0. The molecule has 0 aliphatic carbocycles. The summed E-state index contributed by atoms with van der Waals surface area (Å²) in [5.74, 6) is 1.48. The number of hydrogen-bond acceptors (Lipinski definition) is 1. The Bertz CT molecular complexity index is 729. The molecule has 2 nitrogen and oxygen atoms in total. The monoisotopic (exact) mass is 284 g/mol. The third-order valence-corrected chi connectivity index (χ3v) is 3.67. The smallest absolute Gasteiger partial charge is 0.112 e. The van der Waals surface area contributed by atoms with E-state index in [1.807, 2.05) is 18.2 Å². The van der Waals surface area contributed by atoms with Gasteiger partial charge in [0.1, 0.15) is 5.82 Å². The van der Waals surface area contributed by atoms with E-state index < -0.39 is 0 Å². The zero-order valence-electron chi connectivity index (χ0n) is 11.7. The van der Waals surface area contributed by atoms with Gasteiger partial charge in [0.2, 0.25) is 0 Å². The van der Waals surface area contributed by atoms with Crippen LogP contribution in [-0.2, 0) is 6.54 Å². The standard InChI is InChI=1S/C17H17ClN2/c1-12(2)17-19-15-10-14(18)8-9-16(15)20(17)11-13-6-4-3-5-7-13/h3-10,12H,11H2,1-2H3. The fraction of sp³-hybridized carbons (Fsp3) is 0.235. The second kappa shape index (κ2) is 5.29. The minimum atomic E-state index is 0.380. The van der Waals surface area contributed by atoms with Crippen molar-refractivity contribution in [3.63, 3.8) is 0 Å². The molecule has 0 atom stereocenters. The van der Waals surface area contributed by atoms with E-state index in [0.29, 0.717) is 5.92 Å². The van der Waals surface area contributed by atoms with Gasteiger partial charge in [-0.05, 0) is 23.8 Å². The molecule has 3 heteroatoms. The van der Waals surface area contributed by atoms with E-state index in [9.17, 15) is 0 Å². The normalized spacial score (nSPS) is 11.4. The molecule has 0 aliphatic rings. The predicted octanol–water partition coefficient (Wildman–Crippen LogP) is 4.86. The highest BCUT2D eigenvalue weighted by atomic mass is 35.5. The van der Waals surface area contributed by atoms with E-state index in [0.717, 1.165) is 28.4 Å². The Morgan fingerprint density at radius 3 is 2.55 bits per heavy atom. The molecule has 2 aromatic carbocycles. The SMILES string of the molecule is CC(C)c1nc2cc(Cl)ccc2n1Cc1ccccc1. The molecule has 3 rings (SSSR count). The van der Waals surface area contributed by atoms with E-state index in [1.54, 1.807) is 0 Å². The Morgan fingerprint density at radius 1 is 1.10 bits per heavy atom. The molecule has 1 aromatic heterocycles. The van der Waals surface area contributed by atoms with Gasteiger partial charge >= 0.3 is 0 Å². The summed E-state index contributed by atoms with van der Waals surface area (Å²) in [5.41, 5.74) is 3.39. The molecule has 0 unspecified atom stereocenters. The van der Waals surface area contributed by atoms with Gasteiger partial charge in [-0.3, -0.25) is 0 Å². The van der Waals surface area contributed by atoms with Crippen LogP contribution >= 0.6 is 11.6 Å². The molecule has 0 radical (unpaired) electrons. The maximum atomic E-state index is 6.07. The summed E-state index contributed by atoms with van der Waals surface area (Å²) in [6.45, 7) is 5.18. The molecule has 1 heterocycles. The number of fused-ring (bicyclic) bond motifs is 1. The van der Waals surface area contributed by atoms with Crippen LogP contribution in [0.4, 0.5) is 0 Å². The molecular weight excluding hydrogens is 268 g/mol. The van der Waals surface area contributed by atoms with E-state index >= 15 is 0 Å². The van der Waals surface area contributed by atoms with Gasteiger partial charge in [0.25, 0.3) is 0 Å². The van der Waals surface area contributed by atoms with Crippen molar-refractivity contribution in [2.75, 3.05) is 0 Å². The minimum absolute atomic E-state index is 0.380. The lowest BCUT2D eigenvalue weighted by atomic mass is 10.2. The van der Waals surface area contributed by atoms with Gasteiger partial charge in [0, 0.05) is 17.5 Å². The van der Waals surface area contributed by atoms with Gasteiger partial charge in [0.15, 0.2) is 0 Å². The molecule has 0 fully saturated rings. The number of imidazole rings is 1. The highest BCUT2D eigenvalue weighted by molar-refractivity contribution is 6.31. The Balaban J connectivity index is 2.14. The third-order valence-electron chi connectivity index (χ3n) is 3.44. The van der Waals surface area contributed by atoms with Gasteiger partial charge in [0.05, 0.1) is 11.0 Å². The third kappa shape index (κ3) is 2.44. The first kappa shape index (κ1) is 13.2. The molecule has 0 saturated heterocycles. The molecule has 0 amide bonds. The molecule has 3 aromatic rings. The Kier molecular flexibility index (Phi) is 3.49. The molecule has 102 valence electrons. The maximum Gasteiger partial charge on any atom is 0.112 e. The van der Waals surface area contributed by atoms with Gasteiger partial charge in [-0.15, -0.1) is 0 Å². The summed E-state index contributed by atoms with van der Waals surface area (Å²) >= 11 is 6.07. The van der Waals surface area contributed by atoms with Crippen LogP contribution in [0, 0.1) is 0 Å². The van der Waals surface area contributed by atoms with Crippen molar-refractivity contribution in [1.29, 1.82) is 0 Å². The van der Waals surface area contributed by atoms with Crippen molar-refractivity contribution in [3.8, 4) is 0 Å². The highest BCUT2D eigenvalue weighted by Crippen LogP contribution is 2.25. The Morgan fingerprint density at radius 2 is 1.85 bits per heavy atom. The molecule has 20 heavy (non-hydrogen) atoms.